The highest BCUT2D eigenvalue weighted by Gasteiger charge is 2.43. The van der Waals surface area contributed by atoms with Gasteiger partial charge >= 0.3 is 6.18 Å². The Balaban J connectivity index is 2.14. The fraction of sp³-hybridized carbons (Fsp3) is 0.278. The maximum atomic E-state index is 13.3. The molecule has 0 saturated heterocycles. The Labute approximate surface area is 154 Å². The van der Waals surface area contributed by atoms with Gasteiger partial charge in [-0.25, -0.2) is 8.42 Å². The Kier molecular flexibility index (Phi) is 5.00. The van der Waals surface area contributed by atoms with E-state index in [1.807, 2.05) is 0 Å². The molecule has 5 nitrogen and oxygen atoms in total. The van der Waals surface area contributed by atoms with Gasteiger partial charge in [0, 0.05) is 13.6 Å². The minimum atomic E-state index is -4.83. The van der Waals surface area contributed by atoms with Crippen molar-refractivity contribution < 1.29 is 26.4 Å². The van der Waals surface area contributed by atoms with E-state index in [0.29, 0.717) is 5.56 Å². The molecule has 144 valence electrons. The van der Waals surface area contributed by atoms with Crippen LogP contribution in [0.5, 0.6) is 0 Å². The molecule has 2 aromatic rings. The number of likely N-dealkylation sites (N-methyl/N-ethyl adjacent to an activating group) is 1. The Bertz CT molecular complexity index is 974. The van der Waals surface area contributed by atoms with Crippen molar-refractivity contribution in [3.8, 4) is 0 Å². The maximum Gasteiger partial charge on any atom is 0.417 e. The van der Waals surface area contributed by atoms with Crippen LogP contribution in [0, 0.1) is 0 Å². The number of hydrogen-bond acceptors (Lipinski definition) is 3. The third kappa shape index (κ3) is 3.57. The Morgan fingerprint density at radius 3 is 2.30 bits per heavy atom. The van der Waals surface area contributed by atoms with Gasteiger partial charge in [-0.3, -0.25) is 4.79 Å². The van der Waals surface area contributed by atoms with Crippen LogP contribution >= 0.6 is 0 Å². The number of amides is 1. The van der Waals surface area contributed by atoms with E-state index >= 15 is 0 Å². The summed E-state index contributed by atoms with van der Waals surface area (Å²) in [5, 5.41) is 2.40. The number of sulfonamides is 1. The molecule has 0 spiro atoms. The quantitative estimate of drug-likeness (QED) is 0.864. The largest absolute Gasteiger partial charge is 0.417 e. The molecule has 2 aromatic carbocycles. The van der Waals surface area contributed by atoms with Gasteiger partial charge in [-0.1, -0.05) is 36.4 Å². The number of rotatable bonds is 3. The van der Waals surface area contributed by atoms with E-state index in [1.54, 1.807) is 24.3 Å². The zero-order valence-electron chi connectivity index (χ0n) is 14.3. The third-order valence-corrected chi connectivity index (χ3v) is 6.45. The summed E-state index contributed by atoms with van der Waals surface area (Å²) < 4.78 is 67.2. The highest BCUT2D eigenvalue weighted by Crippen LogP contribution is 2.37. The summed E-state index contributed by atoms with van der Waals surface area (Å²) in [6.07, 6.45) is -4.75. The summed E-state index contributed by atoms with van der Waals surface area (Å²) in [7, 11) is -3.21. The van der Waals surface area contributed by atoms with E-state index in [4.69, 9.17) is 0 Å². The lowest BCUT2D eigenvalue weighted by Gasteiger charge is -2.35. The molecule has 27 heavy (non-hydrogen) atoms. The zero-order chi connectivity index (χ0) is 19.8. The van der Waals surface area contributed by atoms with Crippen LogP contribution in [0.2, 0.25) is 0 Å². The summed E-state index contributed by atoms with van der Waals surface area (Å²) in [6, 6.07) is 9.83. The second-order valence-corrected chi connectivity index (χ2v) is 8.01. The highest BCUT2D eigenvalue weighted by molar-refractivity contribution is 7.89. The van der Waals surface area contributed by atoms with Crippen LogP contribution in [0.15, 0.2) is 53.4 Å². The molecule has 0 bridgehead atoms. The SMILES string of the molecule is CNC(=O)[C@H]1Cc2ccccc2CN1S(=O)(=O)c1ccccc1C(F)(F)F. The summed E-state index contributed by atoms with van der Waals surface area (Å²) >= 11 is 0. The van der Waals surface area contributed by atoms with Crippen molar-refractivity contribution >= 4 is 15.9 Å². The smallest absolute Gasteiger partial charge is 0.358 e. The third-order valence-electron chi connectivity index (χ3n) is 4.53. The summed E-state index contributed by atoms with van der Waals surface area (Å²) in [4.78, 5) is 11.5. The van der Waals surface area contributed by atoms with Gasteiger partial charge in [-0.05, 0) is 29.7 Å². The number of nitrogens with zero attached hydrogens (tertiary/aromatic N) is 1. The molecule has 0 saturated carbocycles. The van der Waals surface area contributed by atoms with E-state index in [0.717, 1.165) is 28.1 Å². The van der Waals surface area contributed by atoms with E-state index in [9.17, 15) is 26.4 Å². The lowest BCUT2D eigenvalue weighted by atomic mass is 9.95. The van der Waals surface area contributed by atoms with Crippen molar-refractivity contribution in [3.63, 3.8) is 0 Å². The fourth-order valence-corrected chi connectivity index (χ4v) is 4.97. The van der Waals surface area contributed by atoms with Crippen LogP contribution in [-0.2, 0) is 34.0 Å². The van der Waals surface area contributed by atoms with E-state index in [2.05, 4.69) is 5.32 Å². The minimum Gasteiger partial charge on any atom is -0.358 e. The van der Waals surface area contributed by atoms with Gasteiger partial charge in [0.25, 0.3) is 0 Å². The van der Waals surface area contributed by atoms with Gasteiger partial charge in [0.1, 0.15) is 6.04 Å². The van der Waals surface area contributed by atoms with E-state index in [-0.39, 0.29) is 13.0 Å². The maximum absolute atomic E-state index is 13.3. The summed E-state index contributed by atoms with van der Waals surface area (Å²) in [5.41, 5.74) is 0.201. The predicted octanol–water partition coefficient (Wildman–Crippen LogP) is 2.57. The minimum absolute atomic E-state index is 0.0866. The van der Waals surface area contributed by atoms with Gasteiger partial charge in [0.05, 0.1) is 10.5 Å². The molecular weight excluding hydrogens is 381 g/mol. The van der Waals surface area contributed by atoms with Crippen LogP contribution in [0.1, 0.15) is 16.7 Å². The molecule has 0 aliphatic carbocycles. The first kappa shape index (κ1) is 19.4. The van der Waals surface area contributed by atoms with Gasteiger partial charge in [0.15, 0.2) is 0 Å². The molecule has 9 heteroatoms. The fourth-order valence-electron chi connectivity index (χ4n) is 3.19. The molecule has 1 N–H and O–H groups in total. The van der Waals surface area contributed by atoms with Gasteiger partial charge in [-0.15, -0.1) is 0 Å². The van der Waals surface area contributed by atoms with Crippen LogP contribution in [0.3, 0.4) is 0 Å². The molecule has 0 fully saturated rings. The number of alkyl halides is 3. The van der Waals surface area contributed by atoms with Crippen molar-refractivity contribution in [2.45, 2.75) is 30.1 Å². The van der Waals surface area contributed by atoms with Gasteiger partial charge < -0.3 is 5.32 Å². The number of benzene rings is 2. The topological polar surface area (TPSA) is 66.5 Å². The van der Waals surface area contributed by atoms with Crippen molar-refractivity contribution in [2.75, 3.05) is 7.05 Å². The van der Waals surface area contributed by atoms with Crippen LogP contribution in [0.25, 0.3) is 0 Å². The molecule has 0 aromatic heterocycles. The predicted molar refractivity (Wildman–Crippen MR) is 92.2 cm³/mol. The molecule has 1 heterocycles. The number of carbonyl (C=O) groups is 1. The normalized spacial score (nSPS) is 18.0. The van der Waals surface area contributed by atoms with Crippen LogP contribution < -0.4 is 5.32 Å². The second kappa shape index (κ2) is 6.97. The number of hydrogen-bond donors (Lipinski definition) is 1. The monoisotopic (exact) mass is 398 g/mol. The molecular formula is C18H17F3N2O3S. The molecule has 1 aliphatic rings. The van der Waals surface area contributed by atoms with Gasteiger partial charge in [0.2, 0.25) is 15.9 Å². The molecule has 3 rings (SSSR count). The lowest BCUT2D eigenvalue weighted by molar-refractivity contribution is -0.139. The molecule has 1 aliphatic heterocycles. The van der Waals surface area contributed by atoms with E-state index in [1.165, 1.54) is 13.1 Å². The van der Waals surface area contributed by atoms with Crippen molar-refractivity contribution in [2.24, 2.45) is 0 Å². The zero-order valence-corrected chi connectivity index (χ0v) is 15.1. The Morgan fingerprint density at radius 2 is 1.67 bits per heavy atom. The van der Waals surface area contributed by atoms with Crippen molar-refractivity contribution in [1.29, 1.82) is 0 Å². The first-order valence-electron chi connectivity index (χ1n) is 8.12. The Hall–Kier alpha value is -2.39. The highest BCUT2D eigenvalue weighted by atomic mass is 32.2. The number of nitrogens with one attached hydrogen (secondary N) is 1. The summed E-state index contributed by atoms with van der Waals surface area (Å²) in [5.74, 6) is -0.572. The van der Waals surface area contributed by atoms with Crippen LogP contribution in [0.4, 0.5) is 13.2 Å². The first-order chi connectivity index (χ1) is 12.7. The standard InChI is InChI=1S/C18H17F3N2O3S/c1-22-17(24)15-10-12-6-2-3-7-13(12)11-23(15)27(25,26)16-9-5-4-8-14(16)18(19,20)21/h2-9,15H,10-11H2,1H3,(H,22,24)/t15-/m1/s1. The Morgan fingerprint density at radius 1 is 1.07 bits per heavy atom. The second-order valence-electron chi connectivity index (χ2n) is 6.15. The van der Waals surface area contributed by atoms with Crippen LogP contribution in [-0.4, -0.2) is 31.7 Å². The van der Waals surface area contributed by atoms with E-state index < -0.39 is 38.6 Å². The first-order valence-corrected chi connectivity index (χ1v) is 9.56. The average Bonchev–Trinajstić information content (AvgIpc) is 2.65. The van der Waals surface area contributed by atoms with Gasteiger partial charge in [-0.2, -0.15) is 17.5 Å². The number of fused-ring (bicyclic) bond motifs is 1. The number of carbonyl (C=O) groups excluding carboxylic acids is 1. The molecule has 1 atom stereocenters. The van der Waals surface area contributed by atoms with Crippen molar-refractivity contribution in [1.82, 2.24) is 9.62 Å². The molecule has 1 amide bonds. The number of halogens is 3. The van der Waals surface area contributed by atoms with Crippen molar-refractivity contribution in [3.05, 3.63) is 65.2 Å². The lowest BCUT2D eigenvalue weighted by Crippen LogP contribution is -2.52. The molecule has 0 unspecified atom stereocenters. The molecule has 0 radical (unpaired) electrons. The average molecular weight is 398 g/mol. The summed E-state index contributed by atoms with van der Waals surface area (Å²) in [6.45, 7) is -0.178.